The van der Waals surface area contributed by atoms with Gasteiger partial charge in [-0.05, 0) is 38.6 Å². The van der Waals surface area contributed by atoms with Gasteiger partial charge in [0.15, 0.2) is 0 Å². The van der Waals surface area contributed by atoms with Gasteiger partial charge in [0.05, 0.1) is 6.04 Å². The lowest BCUT2D eigenvalue weighted by atomic mass is 10.1. The van der Waals surface area contributed by atoms with E-state index in [0.29, 0.717) is 11.6 Å². The highest BCUT2D eigenvalue weighted by Crippen LogP contribution is 2.25. The van der Waals surface area contributed by atoms with Crippen molar-refractivity contribution in [3.63, 3.8) is 0 Å². The molecule has 0 aliphatic carbocycles. The van der Waals surface area contributed by atoms with Crippen molar-refractivity contribution < 1.29 is 4.79 Å². The summed E-state index contributed by atoms with van der Waals surface area (Å²) in [5.74, 6) is 4.76. The summed E-state index contributed by atoms with van der Waals surface area (Å²) >= 11 is 6.17. The third kappa shape index (κ3) is 4.06. The maximum absolute atomic E-state index is 11.4. The molecule has 0 aliphatic rings. The van der Waals surface area contributed by atoms with Gasteiger partial charge in [-0.15, -0.1) is 0 Å². The summed E-state index contributed by atoms with van der Waals surface area (Å²) in [6.07, 6.45) is 0. The van der Waals surface area contributed by atoms with Crippen LogP contribution in [0.25, 0.3) is 0 Å². The van der Waals surface area contributed by atoms with Crippen LogP contribution < -0.4 is 5.32 Å². The first-order valence-electron chi connectivity index (χ1n) is 5.67. The third-order valence-corrected chi connectivity index (χ3v) is 2.93. The molecular weight excluding hydrogens is 248 g/mol. The van der Waals surface area contributed by atoms with Crippen molar-refractivity contribution in [2.24, 2.45) is 0 Å². The van der Waals surface area contributed by atoms with Gasteiger partial charge in [-0.25, -0.2) is 0 Å². The Balaban J connectivity index is 2.80. The molecule has 1 unspecified atom stereocenters. The molecule has 1 amide bonds. The van der Waals surface area contributed by atoms with Gasteiger partial charge < -0.3 is 10.2 Å². The Morgan fingerprint density at radius 1 is 1.44 bits per heavy atom. The molecule has 1 aromatic rings. The Hall–Kier alpha value is -1.50. The lowest BCUT2D eigenvalue weighted by Gasteiger charge is -2.25. The van der Waals surface area contributed by atoms with Crippen molar-refractivity contribution in [2.45, 2.75) is 13.0 Å². The Kier molecular flexibility index (Phi) is 5.70. The van der Waals surface area contributed by atoms with E-state index in [-0.39, 0.29) is 11.9 Å². The summed E-state index contributed by atoms with van der Waals surface area (Å²) in [7, 11) is 3.90. The number of carbonyl (C=O) groups is 1. The van der Waals surface area contributed by atoms with Crippen molar-refractivity contribution in [2.75, 3.05) is 20.6 Å². The van der Waals surface area contributed by atoms with E-state index in [4.69, 9.17) is 11.6 Å². The Bertz CT molecular complexity index is 474. The Morgan fingerprint density at radius 2 is 2.11 bits per heavy atom. The molecule has 4 heteroatoms. The maximum Gasteiger partial charge on any atom is 0.295 e. The molecule has 96 valence electrons. The first-order valence-corrected chi connectivity index (χ1v) is 6.05. The molecule has 3 nitrogen and oxygen atoms in total. The molecule has 0 aromatic heterocycles. The maximum atomic E-state index is 11.4. The molecule has 0 radical (unpaired) electrons. The predicted molar refractivity (Wildman–Crippen MR) is 74.3 cm³/mol. The summed E-state index contributed by atoms with van der Waals surface area (Å²) in [6, 6.07) is 7.66. The van der Waals surface area contributed by atoms with Crippen molar-refractivity contribution in [1.82, 2.24) is 10.2 Å². The topological polar surface area (TPSA) is 32.3 Å². The van der Waals surface area contributed by atoms with Crippen LogP contribution >= 0.6 is 11.6 Å². The molecule has 1 N–H and O–H groups in total. The van der Waals surface area contributed by atoms with E-state index in [1.807, 2.05) is 43.3 Å². The minimum absolute atomic E-state index is 0.0290. The van der Waals surface area contributed by atoms with Crippen molar-refractivity contribution in [3.8, 4) is 11.8 Å². The van der Waals surface area contributed by atoms with Gasteiger partial charge >= 0.3 is 0 Å². The van der Waals surface area contributed by atoms with E-state index in [9.17, 15) is 4.79 Å². The van der Waals surface area contributed by atoms with Crippen LogP contribution in [0.1, 0.15) is 18.5 Å². The number of halogens is 1. The molecule has 0 aliphatic heterocycles. The van der Waals surface area contributed by atoms with Gasteiger partial charge in [0.2, 0.25) is 0 Å². The fourth-order valence-corrected chi connectivity index (χ4v) is 1.92. The molecule has 0 saturated heterocycles. The molecule has 0 bridgehead atoms. The summed E-state index contributed by atoms with van der Waals surface area (Å²) in [4.78, 5) is 13.4. The van der Waals surface area contributed by atoms with Crippen LogP contribution in [0.4, 0.5) is 0 Å². The van der Waals surface area contributed by atoms with Crippen molar-refractivity contribution in [3.05, 3.63) is 34.9 Å². The normalized spacial score (nSPS) is 11.6. The van der Waals surface area contributed by atoms with Crippen LogP contribution in [0, 0.1) is 11.8 Å². The predicted octanol–water partition coefficient (Wildman–Crippen LogP) is 2.08. The zero-order chi connectivity index (χ0) is 13.5. The molecule has 1 rings (SSSR count). The molecule has 0 saturated carbocycles. The van der Waals surface area contributed by atoms with Crippen LogP contribution in [0.2, 0.25) is 5.02 Å². The van der Waals surface area contributed by atoms with Gasteiger partial charge in [-0.1, -0.05) is 35.7 Å². The minimum atomic E-state index is -0.267. The number of benzene rings is 1. The largest absolute Gasteiger partial charge is 0.343 e. The Morgan fingerprint density at radius 3 is 2.67 bits per heavy atom. The highest BCUT2D eigenvalue weighted by atomic mass is 35.5. The summed E-state index contributed by atoms with van der Waals surface area (Å²) in [5, 5.41) is 3.48. The number of nitrogens with one attached hydrogen (secondary N) is 1. The summed E-state index contributed by atoms with van der Waals surface area (Å²) < 4.78 is 0. The average molecular weight is 265 g/mol. The summed E-state index contributed by atoms with van der Waals surface area (Å²) in [6.45, 7) is 2.11. The highest BCUT2D eigenvalue weighted by molar-refractivity contribution is 6.31. The smallest absolute Gasteiger partial charge is 0.295 e. The van der Waals surface area contributed by atoms with Gasteiger partial charge in [0.25, 0.3) is 5.91 Å². The standard InChI is InChI=1S/C14H17ClN2O/c1-4-7-14(18)16-10-13(17(2)3)11-8-5-6-9-12(11)15/h5-6,8-9,13H,10H2,1-3H3,(H,16,18). The third-order valence-electron chi connectivity index (χ3n) is 2.58. The van der Waals surface area contributed by atoms with Crippen LogP contribution in [0.15, 0.2) is 24.3 Å². The van der Waals surface area contributed by atoms with Gasteiger partial charge in [0.1, 0.15) is 0 Å². The number of rotatable bonds is 4. The molecule has 0 heterocycles. The number of hydrogen-bond acceptors (Lipinski definition) is 2. The molecule has 0 fully saturated rings. The van der Waals surface area contributed by atoms with E-state index >= 15 is 0 Å². The van der Waals surface area contributed by atoms with Crippen LogP contribution in [0.5, 0.6) is 0 Å². The lowest BCUT2D eigenvalue weighted by molar-refractivity contribution is -0.115. The van der Waals surface area contributed by atoms with Crippen LogP contribution in [-0.2, 0) is 4.79 Å². The van der Waals surface area contributed by atoms with E-state index in [1.165, 1.54) is 0 Å². The SMILES string of the molecule is CC#CC(=O)NCC(c1ccccc1Cl)N(C)C. The first kappa shape index (κ1) is 14.6. The second-order valence-corrected chi connectivity index (χ2v) is 4.49. The zero-order valence-electron chi connectivity index (χ0n) is 10.8. The minimum Gasteiger partial charge on any atom is -0.343 e. The molecule has 0 spiro atoms. The molecule has 18 heavy (non-hydrogen) atoms. The molecule has 1 atom stereocenters. The van der Waals surface area contributed by atoms with Gasteiger partial charge in [-0.3, -0.25) is 4.79 Å². The number of likely N-dealkylation sites (N-methyl/N-ethyl adjacent to an activating group) is 1. The number of amides is 1. The second-order valence-electron chi connectivity index (χ2n) is 4.09. The van der Waals surface area contributed by atoms with Crippen molar-refractivity contribution >= 4 is 17.5 Å². The Labute approximate surface area is 113 Å². The number of carbonyl (C=O) groups excluding carboxylic acids is 1. The van der Waals surface area contributed by atoms with Crippen LogP contribution in [-0.4, -0.2) is 31.4 Å². The first-order chi connectivity index (χ1) is 8.56. The van der Waals surface area contributed by atoms with Gasteiger partial charge in [-0.2, -0.15) is 0 Å². The fourth-order valence-electron chi connectivity index (χ4n) is 1.66. The van der Waals surface area contributed by atoms with Crippen molar-refractivity contribution in [1.29, 1.82) is 0 Å². The second kappa shape index (κ2) is 7.05. The number of nitrogens with zero attached hydrogens (tertiary/aromatic N) is 1. The monoisotopic (exact) mass is 264 g/mol. The summed E-state index contributed by atoms with van der Waals surface area (Å²) in [5.41, 5.74) is 0.994. The average Bonchev–Trinajstić information content (AvgIpc) is 2.31. The quantitative estimate of drug-likeness (QED) is 0.845. The lowest BCUT2D eigenvalue weighted by Crippen LogP contribution is -2.34. The zero-order valence-corrected chi connectivity index (χ0v) is 11.6. The van der Waals surface area contributed by atoms with E-state index in [2.05, 4.69) is 17.2 Å². The highest BCUT2D eigenvalue weighted by Gasteiger charge is 2.17. The fraction of sp³-hybridized carbons (Fsp3) is 0.357. The van der Waals surface area contributed by atoms with Crippen LogP contribution in [0.3, 0.4) is 0 Å². The van der Waals surface area contributed by atoms with E-state index < -0.39 is 0 Å². The molecular formula is C14H17ClN2O. The van der Waals surface area contributed by atoms with E-state index in [0.717, 1.165) is 5.56 Å². The molecule has 1 aromatic carbocycles. The van der Waals surface area contributed by atoms with Gasteiger partial charge in [0, 0.05) is 11.6 Å². The number of hydrogen-bond donors (Lipinski definition) is 1. The van der Waals surface area contributed by atoms with E-state index in [1.54, 1.807) is 6.92 Å².